The lowest BCUT2D eigenvalue weighted by Gasteiger charge is -2.36. The third-order valence-electron chi connectivity index (χ3n) is 5.80. The van der Waals surface area contributed by atoms with E-state index in [2.05, 4.69) is 33.9 Å². The largest absolute Gasteiger partial charge is 0.487 e. The van der Waals surface area contributed by atoms with Gasteiger partial charge in [0.05, 0.1) is 16.7 Å². The Kier molecular flexibility index (Phi) is 6.09. The van der Waals surface area contributed by atoms with E-state index in [-0.39, 0.29) is 11.9 Å². The van der Waals surface area contributed by atoms with Gasteiger partial charge in [-0.25, -0.2) is 4.98 Å². The molecule has 0 bridgehead atoms. The second-order valence-electron chi connectivity index (χ2n) is 7.99. The van der Waals surface area contributed by atoms with Crippen molar-refractivity contribution < 1.29 is 9.53 Å². The first-order chi connectivity index (χ1) is 16.2. The summed E-state index contributed by atoms with van der Waals surface area (Å²) in [7, 11) is 0. The Balaban J connectivity index is 1.36. The van der Waals surface area contributed by atoms with E-state index >= 15 is 0 Å². The number of aryl methyl sites for hydroxylation is 1. The second kappa shape index (κ2) is 9.46. The number of hydrogen-bond donors (Lipinski definition) is 0. The Bertz CT molecular complexity index is 1280. The predicted octanol–water partition coefficient (Wildman–Crippen LogP) is 5.48. The van der Waals surface area contributed by atoms with Gasteiger partial charge in [0.25, 0.3) is 0 Å². The van der Waals surface area contributed by atoms with Gasteiger partial charge in [0, 0.05) is 42.0 Å². The number of ether oxygens (including phenoxy) is 1. The van der Waals surface area contributed by atoms with Crippen molar-refractivity contribution in [3.05, 3.63) is 112 Å². The van der Waals surface area contributed by atoms with Crippen molar-refractivity contribution in [3.63, 3.8) is 0 Å². The molecule has 1 aliphatic rings. The Labute approximate surface area is 197 Å². The minimum atomic E-state index is -0.105. The minimum Gasteiger partial charge on any atom is -0.487 e. The van der Waals surface area contributed by atoms with E-state index in [9.17, 15) is 4.79 Å². The molecule has 5 rings (SSSR count). The lowest BCUT2D eigenvalue weighted by Crippen LogP contribution is -2.41. The number of fused-ring (bicyclic) bond motifs is 1. The second-order valence-corrected chi connectivity index (χ2v) is 9.05. The van der Waals surface area contributed by atoms with Crippen LogP contribution in [0.3, 0.4) is 0 Å². The maximum atomic E-state index is 13.4. The van der Waals surface area contributed by atoms with Crippen molar-refractivity contribution in [2.45, 2.75) is 26.1 Å². The molecule has 33 heavy (non-hydrogen) atoms. The summed E-state index contributed by atoms with van der Waals surface area (Å²) in [6, 6.07) is 22.0. The predicted molar refractivity (Wildman–Crippen MR) is 131 cm³/mol. The van der Waals surface area contributed by atoms with Gasteiger partial charge in [-0.2, -0.15) is 0 Å². The molecule has 3 heterocycles. The van der Waals surface area contributed by atoms with Crippen LogP contribution in [-0.2, 0) is 17.9 Å². The third-order valence-corrected chi connectivity index (χ3v) is 6.63. The van der Waals surface area contributed by atoms with Crippen molar-refractivity contribution in [3.8, 4) is 5.75 Å². The van der Waals surface area contributed by atoms with Crippen LogP contribution in [0.2, 0.25) is 0 Å². The molecule has 0 spiro atoms. The standard InChI is InChI=1S/C27H25N3O2S/c1-20-28-23(19-33-20)18-32-25-12-6-5-8-21(25)13-14-26(31)30-17-16-29-15-7-11-24(29)27(30)22-9-3-2-4-10-22/h2-15,19,27H,16-18H2,1H3. The number of para-hydroxylation sites is 1. The van der Waals surface area contributed by atoms with Gasteiger partial charge in [0.1, 0.15) is 12.4 Å². The maximum Gasteiger partial charge on any atom is 0.247 e. The summed E-state index contributed by atoms with van der Waals surface area (Å²) in [6.07, 6.45) is 5.59. The topological polar surface area (TPSA) is 47.4 Å². The van der Waals surface area contributed by atoms with E-state index in [1.54, 1.807) is 17.4 Å². The molecule has 1 atom stereocenters. The molecule has 1 unspecified atom stereocenters. The summed E-state index contributed by atoms with van der Waals surface area (Å²) >= 11 is 1.61. The van der Waals surface area contributed by atoms with Crippen LogP contribution in [0.25, 0.3) is 6.08 Å². The fourth-order valence-electron chi connectivity index (χ4n) is 4.24. The number of rotatable bonds is 6. The molecule has 0 saturated carbocycles. The molecule has 1 amide bonds. The molecule has 0 radical (unpaired) electrons. The van der Waals surface area contributed by atoms with Crippen LogP contribution in [0.1, 0.15) is 33.6 Å². The van der Waals surface area contributed by atoms with Gasteiger partial charge >= 0.3 is 0 Å². The molecule has 0 fully saturated rings. The first-order valence-electron chi connectivity index (χ1n) is 11.0. The van der Waals surface area contributed by atoms with Crippen LogP contribution in [0.4, 0.5) is 0 Å². The van der Waals surface area contributed by atoms with Gasteiger partial charge in [-0.3, -0.25) is 4.79 Å². The molecular weight excluding hydrogens is 430 g/mol. The molecule has 2 aromatic heterocycles. The van der Waals surface area contributed by atoms with Crippen molar-refractivity contribution in [1.82, 2.24) is 14.5 Å². The van der Waals surface area contributed by atoms with Gasteiger partial charge in [-0.05, 0) is 36.8 Å². The van der Waals surface area contributed by atoms with E-state index in [4.69, 9.17) is 4.74 Å². The monoisotopic (exact) mass is 455 g/mol. The summed E-state index contributed by atoms with van der Waals surface area (Å²) in [4.78, 5) is 19.8. The fourth-order valence-corrected chi connectivity index (χ4v) is 4.84. The zero-order valence-corrected chi connectivity index (χ0v) is 19.2. The molecule has 1 aliphatic heterocycles. The molecule has 0 saturated heterocycles. The smallest absolute Gasteiger partial charge is 0.247 e. The van der Waals surface area contributed by atoms with Crippen LogP contribution >= 0.6 is 11.3 Å². The number of thiazole rings is 1. The highest BCUT2D eigenvalue weighted by Crippen LogP contribution is 2.32. The third kappa shape index (κ3) is 4.61. The summed E-state index contributed by atoms with van der Waals surface area (Å²) in [5.74, 6) is 0.723. The Hall–Kier alpha value is -3.64. The molecule has 6 heteroatoms. The maximum absolute atomic E-state index is 13.4. The molecule has 2 aromatic carbocycles. The molecular formula is C27H25N3O2S. The molecule has 5 nitrogen and oxygen atoms in total. The van der Waals surface area contributed by atoms with Gasteiger partial charge in [-0.15, -0.1) is 11.3 Å². The highest BCUT2D eigenvalue weighted by Gasteiger charge is 2.30. The molecule has 4 aromatic rings. The van der Waals surface area contributed by atoms with Crippen LogP contribution in [-0.4, -0.2) is 26.9 Å². The molecule has 166 valence electrons. The average molecular weight is 456 g/mol. The van der Waals surface area contributed by atoms with Crippen LogP contribution in [0, 0.1) is 6.92 Å². The molecule has 0 N–H and O–H groups in total. The number of amides is 1. The summed E-state index contributed by atoms with van der Waals surface area (Å²) < 4.78 is 8.24. The number of benzene rings is 2. The summed E-state index contributed by atoms with van der Waals surface area (Å²) in [6.45, 7) is 3.84. The number of hydrogen-bond acceptors (Lipinski definition) is 4. The fraction of sp³-hybridized carbons (Fsp3) is 0.185. The summed E-state index contributed by atoms with van der Waals surface area (Å²) in [5, 5.41) is 3.03. The number of nitrogens with zero attached hydrogens (tertiary/aromatic N) is 3. The Morgan fingerprint density at radius 1 is 1.09 bits per heavy atom. The SMILES string of the molecule is Cc1nc(COc2ccccc2C=CC(=O)N2CCn3cccc3C2c2ccccc2)cs1. The van der Waals surface area contributed by atoms with Crippen LogP contribution in [0.5, 0.6) is 5.75 Å². The first kappa shape index (κ1) is 21.2. The normalized spacial score (nSPS) is 15.5. The van der Waals surface area contributed by atoms with Gasteiger partial charge in [-0.1, -0.05) is 48.5 Å². The van der Waals surface area contributed by atoms with E-state index in [0.29, 0.717) is 13.2 Å². The lowest BCUT2D eigenvalue weighted by atomic mass is 10.00. The lowest BCUT2D eigenvalue weighted by molar-refractivity contribution is -0.128. The van der Waals surface area contributed by atoms with Crippen molar-refractivity contribution in [1.29, 1.82) is 0 Å². The Morgan fingerprint density at radius 3 is 2.73 bits per heavy atom. The number of aromatic nitrogens is 2. The summed E-state index contributed by atoms with van der Waals surface area (Å²) in [5.41, 5.74) is 4.03. The Morgan fingerprint density at radius 2 is 1.91 bits per heavy atom. The quantitative estimate of drug-likeness (QED) is 0.362. The van der Waals surface area contributed by atoms with Crippen LogP contribution < -0.4 is 4.74 Å². The van der Waals surface area contributed by atoms with Gasteiger partial charge in [0.15, 0.2) is 0 Å². The zero-order chi connectivity index (χ0) is 22.6. The van der Waals surface area contributed by atoms with Crippen molar-refractivity contribution >= 4 is 23.3 Å². The van der Waals surface area contributed by atoms with E-state index in [0.717, 1.165) is 39.8 Å². The number of carbonyl (C=O) groups is 1. The van der Waals surface area contributed by atoms with Crippen molar-refractivity contribution in [2.75, 3.05) is 6.54 Å². The first-order valence-corrected chi connectivity index (χ1v) is 11.9. The van der Waals surface area contributed by atoms with Gasteiger partial charge < -0.3 is 14.2 Å². The minimum absolute atomic E-state index is 0.0127. The number of carbonyl (C=O) groups excluding carboxylic acids is 1. The highest BCUT2D eigenvalue weighted by atomic mass is 32.1. The van der Waals surface area contributed by atoms with E-state index in [1.807, 2.05) is 71.8 Å². The van der Waals surface area contributed by atoms with Gasteiger partial charge in [0.2, 0.25) is 5.91 Å². The van der Waals surface area contributed by atoms with E-state index in [1.165, 1.54) is 0 Å². The van der Waals surface area contributed by atoms with Crippen molar-refractivity contribution in [2.24, 2.45) is 0 Å². The van der Waals surface area contributed by atoms with Crippen LogP contribution in [0.15, 0.2) is 84.4 Å². The van der Waals surface area contributed by atoms with E-state index < -0.39 is 0 Å². The molecule has 0 aliphatic carbocycles. The highest BCUT2D eigenvalue weighted by molar-refractivity contribution is 7.09. The zero-order valence-electron chi connectivity index (χ0n) is 18.4. The average Bonchev–Trinajstić information content (AvgIpc) is 3.50.